The lowest BCUT2D eigenvalue weighted by Crippen LogP contribution is -2.23. The standard InChI is InChI=1S/C31H45NO4S/c1-5-35-30(34)28(37-27-14-10-9-11-15-27)24-26-19-17-25(18-20-26)21-23-32-22-13-8-6-7-12-16-29(33)36-31(2,3)4/h9-11,14-15,17-20,28,32H,5-8,12-13,16,21-24H2,1-4H3. The number of nitrogens with one attached hydrogen (secondary N) is 1. The summed E-state index contributed by atoms with van der Waals surface area (Å²) in [4.78, 5) is 25.3. The fourth-order valence-electron chi connectivity index (χ4n) is 3.93. The van der Waals surface area contributed by atoms with E-state index in [1.165, 1.54) is 12.0 Å². The minimum absolute atomic E-state index is 0.0907. The molecule has 2 rings (SSSR count). The van der Waals surface area contributed by atoms with Crippen LogP contribution in [0.15, 0.2) is 59.5 Å². The Hall–Kier alpha value is -2.31. The molecular formula is C31H45NO4S. The molecule has 0 aromatic heterocycles. The third-order valence-electron chi connectivity index (χ3n) is 5.76. The highest BCUT2D eigenvalue weighted by Crippen LogP contribution is 2.27. The maximum absolute atomic E-state index is 12.5. The summed E-state index contributed by atoms with van der Waals surface area (Å²) in [5.74, 6) is -0.250. The van der Waals surface area contributed by atoms with Crippen molar-refractivity contribution in [2.75, 3.05) is 19.7 Å². The highest BCUT2D eigenvalue weighted by atomic mass is 32.2. The minimum Gasteiger partial charge on any atom is -0.465 e. The van der Waals surface area contributed by atoms with Crippen molar-refractivity contribution in [3.63, 3.8) is 0 Å². The Balaban J connectivity index is 1.61. The Labute approximate surface area is 228 Å². The minimum atomic E-state index is -0.389. The molecule has 0 spiro atoms. The van der Waals surface area contributed by atoms with Gasteiger partial charge in [-0.2, -0.15) is 0 Å². The Morgan fingerprint density at radius 1 is 0.865 bits per heavy atom. The number of rotatable bonds is 17. The molecule has 0 fully saturated rings. The van der Waals surface area contributed by atoms with Gasteiger partial charge in [-0.1, -0.05) is 61.7 Å². The van der Waals surface area contributed by atoms with E-state index in [0.29, 0.717) is 19.4 Å². The number of hydrogen-bond donors (Lipinski definition) is 1. The number of carbonyl (C=O) groups is 2. The molecule has 0 aliphatic heterocycles. The van der Waals surface area contributed by atoms with Crippen LogP contribution in [0.2, 0.25) is 0 Å². The molecule has 1 N–H and O–H groups in total. The normalized spacial score (nSPS) is 12.2. The monoisotopic (exact) mass is 527 g/mol. The van der Waals surface area contributed by atoms with E-state index in [-0.39, 0.29) is 22.8 Å². The van der Waals surface area contributed by atoms with Gasteiger partial charge in [0.25, 0.3) is 0 Å². The van der Waals surface area contributed by atoms with Crippen LogP contribution in [0.3, 0.4) is 0 Å². The second kappa shape index (κ2) is 17.2. The van der Waals surface area contributed by atoms with E-state index in [4.69, 9.17) is 9.47 Å². The zero-order valence-electron chi connectivity index (χ0n) is 23.1. The second-order valence-corrected chi connectivity index (χ2v) is 11.6. The predicted molar refractivity (Wildman–Crippen MR) is 153 cm³/mol. The summed E-state index contributed by atoms with van der Waals surface area (Å²) >= 11 is 1.56. The zero-order valence-corrected chi connectivity index (χ0v) is 23.9. The molecule has 0 aliphatic carbocycles. The molecule has 37 heavy (non-hydrogen) atoms. The predicted octanol–water partition coefficient (Wildman–Crippen LogP) is 6.77. The summed E-state index contributed by atoms with van der Waals surface area (Å²) < 4.78 is 10.7. The summed E-state index contributed by atoms with van der Waals surface area (Å²) in [7, 11) is 0. The molecule has 0 saturated heterocycles. The summed E-state index contributed by atoms with van der Waals surface area (Å²) in [5.41, 5.74) is 2.05. The first-order chi connectivity index (χ1) is 17.8. The Morgan fingerprint density at radius 3 is 2.19 bits per heavy atom. The fraction of sp³-hybridized carbons (Fsp3) is 0.548. The van der Waals surface area contributed by atoms with E-state index in [1.54, 1.807) is 11.8 Å². The van der Waals surface area contributed by atoms with E-state index in [0.717, 1.165) is 55.7 Å². The molecule has 0 heterocycles. The number of ether oxygens (including phenoxy) is 2. The maximum Gasteiger partial charge on any atom is 0.319 e. The van der Waals surface area contributed by atoms with Gasteiger partial charge in [0.05, 0.1) is 6.61 Å². The molecule has 1 atom stereocenters. The number of unbranched alkanes of at least 4 members (excludes halogenated alkanes) is 4. The largest absolute Gasteiger partial charge is 0.465 e. The van der Waals surface area contributed by atoms with E-state index in [9.17, 15) is 9.59 Å². The average Bonchev–Trinajstić information content (AvgIpc) is 2.85. The summed E-state index contributed by atoms with van der Waals surface area (Å²) in [5, 5.41) is 3.28. The smallest absolute Gasteiger partial charge is 0.319 e. The van der Waals surface area contributed by atoms with Gasteiger partial charge < -0.3 is 14.8 Å². The van der Waals surface area contributed by atoms with Crippen molar-refractivity contribution in [2.45, 2.75) is 94.8 Å². The van der Waals surface area contributed by atoms with E-state index >= 15 is 0 Å². The topological polar surface area (TPSA) is 64.6 Å². The first kappa shape index (κ1) is 30.9. The van der Waals surface area contributed by atoms with Gasteiger partial charge in [0.15, 0.2) is 0 Å². The number of thioether (sulfide) groups is 1. The number of benzene rings is 2. The lowest BCUT2D eigenvalue weighted by Gasteiger charge is -2.19. The van der Waals surface area contributed by atoms with Crippen molar-refractivity contribution in [2.24, 2.45) is 0 Å². The molecular weight excluding hydrogens is 482 g/mol. The summed E-state index contributed by atoms with van der Waals surface area (Å²) in [6, 6.07) is 18.6. The molecule has 2 aromatic rings. The lowest BCUT2D eigenvalue weighted by molar-refractivity contribution is -0.155. The lowest BCUT2D eigenvalue weighted by atomic mass is 10.1. The fourth-order valence-corrected chi connectivity index (χ4v) is 5.01. The van der Waals surface area contributed by atoms with Crippen LogP contribution in [-0.2, 0) is 31.9 Å². The molecule has 204 valence electrons. The SMILES string of the molecule is CCOC(=O)C(Cc1ccc(CCNCCCCCCCC(=O)OC(C)(C)C)cc1)Sc1ccccc1. The summed E-state index contributed by atoms with van der Waals surface area (Å²) in [6.07, 6.45) is 7.62. The molecule has 0 bridgehead atoms. The average molecular weight is 528 g/mol. The second-order valence-electron chi connectivity index (χ2n) is 10.3. The molecule has 2 aromatic carbocycles. The number of carbonyl (C=O) groups excluding carboxylic acids is 2. The van der Waals surface area contributed by atoms with Gasteiger partial charge in [-0.15, -0.1) is 11.8 Å². The quantitative estimate of drug-likeness (QED) is 0.139. The van der Waals surface area contributed by atoms with Crippen LogP contribution < -0.4 is 5.32 Å². The molecule has 0 amide bonds. The van der Waals surface area contributed by atoms with Gasteiger partial charge in [-0.3, -0.25) is 9.59 Å². The van der Waals surface area contributed by atoms with Crippen LogP contribution in [-0.4, -0.2) is 42.5 Å². The number of hydrogen-bond acceptors (Lipinski definition) is 6. The van der Waals surface area contributed by atoms with Crippen molar-refractivity contribution < 1.29 is 19.1 Å². The van der Waals surface area contributed by atoms with Gasteiger partial charge in [0.1, 0.15) is 10.9 Å². The van der Waals surface area contributed by atoms with Crippen molar-refractivity contribution in [1.82, 2.24) is 5.32 Å². The van der Waals surface area contributed by atoms with Crippen molar-refractivity contribution in [3.05, 3.63) is 65.7 Å². The van der Waals surface area contributed by atoms with Crippen molar-refractivity contribution in [1.29, 1.82) is 0 Å². The maximum atomic E-state index is 12.5. The first-order valence-corrected chi connectivity index (χ1v) is 14.5. The Morgan fingerprint density at radius 2 is 1.51 bits per heavy atom. The van der Waals surface area contributed by atoms with Gasteiger partial charge >= 0.3 is 11.9 Å². The van der Waals surface area contributed by atoms with Crippen LogP contribution in [0, 0.1) is 0 Å². The van der Waals surface area contributed by atoms with Crippen LogP contribution in [0.5, 0.6) is 0 Å². The van der Waals surface area contributed by atoms with E-state index in [1.807, 2.05) is 58.0 Å². The third kappa shape index (κ3) is 14.3. The highest BCUT2D eigenvalue weighted by molar-refractivity contribution is 8.00. The highest BCUT2D eigenvalue weighted by Gasteiger charge is 2.22. The molecule has 0 aliphatic rings. The van der Waals surface area contributed by atoms with Crippen molar-refractivity contribution in [3.8, 4) is 0 Å². The van der Waals surface area contributed by atoms with E-state index < -0.39 is 0 Å². The Bertz CT molecular complexity index is 909. The molecule has 0 radical (unpaired) electrons. The Kier molecular flexibility index (Phi) is 14.4. The van der Waals surface area contributed by atoms with Crippen LogP contribution in [0.4, 0.5) is 0 Å². The third-order valence-corrected chi connectivity index (χ3v) is 6.95. The van der Waals surface area contributed by atoms with Crippen LogP contribution >= 0.6 is 11.8 Å². The zero-order chi connectivity index (χ0) is 26.9. The van der Waals surface area contributed by atoms with Gasteiger partial charge in [0.2, 0.25) is 0 Å². The summed E-state index contributed by atoms with van der Waals surface area (Å²) in [6.45, 7) is 9.93. The molecule has 6 heteroatoms. The van der Waals surface area contributed by atoms with E-state index in [2.05, 4.69) is 29.6 Å². The van der Waals surface area contributed by atoms with Crippen LogP contribution in [0.25, 0.3) is 0 Å². The first-order valence-electron chi connectivity index (χ1n) is 13.7. The molecule has 0 saturated carbocycles. The van der Waals surface area contributed by atoms with Gasteiger partial charge in [-0.05, 0) is 89.7 Å². The molecule has 1 unspecified atom stereocenters. The van der Waals surface area contributed by atoms with Crippen LogP contribution in [0.1, 0.15) is 77.3 Å². The van der Waals surface area contributed by atoms with Gasteiger partial charge in [-0.25, -0.2) is 0 Å². The number of esters is 2. The molecule has 5 nitrogen and oxygen atoms in total. The van der Waals surface area contributed by atoms with Crippen molar-refractivity contribution >= 4 is 23.7 Å². The van der Waals surface area contributed by atoms with Gasteiger partial charge in [0, 0.05) is 11.3 Å².